The maximum Gasteiger partial charge on any atom is 0.183 e. The number of benzene rings is 1. The largest absolute Gasteiger partial charge is 0.338 e. The van der Waals surface area contributed by atoms with Crippen LogP contribution in [-0.4, -0.2) is 27.8 Å². The van der Waals surface area contributed by atoms with Gasteiger partial charge < -0.3 is 9.47 Å². The molecule has 2 aromatic rings. The van der Waals surface area contributed by atoms with Crippen LogP contribution in [0.2, 0.25) is 0 Å². The summed E-state index contributed by atoms with van der Waals surface area (Å²) >= 11 is 0. The molecule has 154 valence electrons. The van der Waals surface area contributed by atoms with Gasteiger partial charge in [0, 0.05) is 6.42 Å². The number of ether oxygens (including phenoxy) is 2. The second-order valence-electron chi connectivity index (χ2n) is 8.49. The predicted molar refractivity (Wildman–Crippen MR) is 115 cm³/mol. The van der Waals surface area contributed by atoms with E-state index < -0.39 is 5.79 Å². The Labute approximate surface area is 176 Å². The fourth-order valence-electron chi connectivity index (χ4n) is 5.08. The molecule has 0 bridgehead atoms. The summed E-state index contributed by atoms with van der Waals surface area (Å²) in [6.07, 6.45) is 10.8. The molecule has 1 aromatic heterocycles. The van der Waals surface area contributed by atoms with Crippen molar-refractivity contribution >= 4 is 6.08 Å². The van der Waals surface area contributed by atoms with E-state index in [1.807, 2.05) is 10.9 Å². The molecule has 1 aromatic carbocycles. The Morgan fingerprint density at radius 1 is 1.17 bits per heavy atom. The van der Waals surface area contributed by atoms with Crippen molar-refractivity contribution < 1.29 is 13.9 Å². The lowest BCUT2D eigenvalue weighted by atomic mass is 9.62. The molecule has 0 amide bonds. The van der Waals surface area contributed by atoms with Gasteiger partial charge in [0.2, 0.25) is 0 Å². The van der Waals surface area contributed by atoms with Crippen LogP contribution in [-0.2, 0) is 15.9 Å². The first kappa shape index (κ1) is 19.2. The normalized spacial score (nSPS) is 29.0. The average Bonchev–Trinajstić information content (AvgIpc) is 3.32. The first-order valence-electron chi connectivity index (χ1n) is 10.2. The van der Waals surface area contributed by atoms with Crippen LogP contribution in [0.3, 0.4) is 0 Å². The predicted octanol–water partition coefficient (Wildman–Crippen LogP) is 5.16. The van der Waals surface area contributed by atoms with Crippen molar-refractivity contribution in [3.8, 4) is 5.69 Å². The maximum atomic E-state index is 13.4. The minimum absolute atomic E-state index is 0.226. The molecule has 1 aliphatic heterocycles. The van der Waals surface area contributed by atoms with Gasteiger partial charge in [0.05, 0.1) is 23.0 Å². The van der Waals surface area contributed by atoms with E-state index in [2.05, 4.69) is 44.3 Å². The topological polar surface area (TPSA) is 36.3 Å². The molecule has 0 N–H and O–H groups in total. The van der Waals surface area contributed by atoms with Crippen LogP contribution < -0.4 is 0 Å². The van der Waals surface area contributed by atoms with Gasteiger partial charge >= 0.3 is 0 Å². The van der Waals surface area contributed by atoms with Crippen molar-refractivity contribution in [1.82, 2.24) is 9.78 Å². The standard InChI is InChI=1S/C25H25FN2O2/c1-5-22-23(6-2)30-25(29-22)12-11-16(3)20-13-21-17(14-24(20,25)4)15-27-28(21)19-9-7-18(26)8-10-19/h5-11,13,15,22-23H,1-2,12,14H2,3-4H3/t22-,23-,24+/m1/s1. The van der Waals surface area contributed by atoms with Crippen LogP contribution in [0.25, 0.3) is 11.8 Å². The fraction of sp³-hybridized carbons (Fsp3) is 0.320. The highest BCUT2D eigenvalue weighted by Gasteiger charge is 2.61. The number of rotatable bonds is 3. The Hall–Kier alpha value is -2.76. The van der Waals surface area contributed by atoms with E-state index in [0.29, 0.717) is 6.42 Å². The molecule has 3 aliphatic rings. The monoisotopic (exact) mass is 404 g/mol. The van der Waals surface area contributed by atoms with Gasteiger partial charge in [-0.2, -0.15) is 5.10 Å². The highest BCUT2D eigenvalue weighted by molar-refractivity contribution is 5.67. The number of halogens is 1. The van der Waals surface area contributed by atoms with E-state index in [9.17, 15) is 4.39 Å². The first-order chi connectivity index (χ1) is 14.4. The molecule has 30 heavy (non-hydrogen) atoms. The van der Waals surface area contributed by atoms with Crippen LogP contribution in [0, 0.1) is 11.2 Å². The third-order valence-electron chi connectivity index (χ3n) is 6.76. The first-order valence-corrected chi connectivity index (χ1v) is 10.2. The van der Waals surface area contributed by atoms with Gasteiger partial charge in [-0.05, 0) is 61.7 Å². The molecule has 1 spiro atoms. The third kappa shape index (κ3) is 2.55. The van der Waals surface area contributed by atoms with Crippen LogP contribution in [0.4, 0.5) is 4.39 Å². The van der Waals surface area contributed by atoms with Gasteiger partial charge in [-0.3, -0.25) is 0 Å². The second-order valence-corrected chi connectivity index (χ2v) is 8.49. The van der Waals surface area contributed by atoms with Crippen LogP contribution >= 0.6 is 0 Å². The molecule has 0 saturated carbocycles. The summed E-state index contributed by atoms with van der Waals surface area (Å²) in [5.74, 6) is -1.05. The molecule has 1 fully saturated rings. The van der Waals surface area contributed by atoms with Crippen LogP contribution in [0.1, 0.15) is 31.5 Å². The van der Waals surface area contributed by atoms with Crippen LogP contribution in [0.5, 0.6) is 0 Å². The van der Waals surface area contributed by atoms with E-state index in [-0.39, 0.29) is 23.4 Å². The van der Waals surface area contributed by atoms with E-state index in [0.717, 1.165) is 23.4 Å². The summed E-state index contributed by atoms with van der Waals surface area (Å²) in [7, 11) is 0. The zero-order chi connectivity index (χ0) is 21.1. The minimum atomic E-state index is -0.786. The summed E-state index contributed by atoms with van der Waals surface area (Å²) in [5, 5.41) is 4.61. The molecule has 5 rings (SSSR count). The molecule has 2 aliphatic carbocycles. The Morgan fingerprint density at radius 2 is 1.83 bits per heavy atom. The molecule has 0 unspecified atom stereocenters. The third-order valence-corrected chi connectivity index (χ3v) is 6.76. The number of nitrogens with zero attached hydrogens (tertiary/aromatic N) is 2. The van der Waals surface area contributed by atoms with Crippen molar-refractivity contribution in [2.75, 3.05) is 0 Å². The molecular weight excluding hydrogens is 379 g/mol. The molecule has 3 atom stereocenters. The molecule has 0 radical (unpaired) electrons. The minimum Gasteiger partial charge on any atom is -0.338 e. The highest BCUT2D eigenvalue weighted by atomic mass is 19.1. The fourth-order valence-corrected chi connectivity index (χ4v) is 5.08. The number of aromatic nitrogens is 2. The zero-order valence-electron chi connectivity index (χ0n) is 17.3. The lowest BCUT2D eigenvalue weighted by Gasteiger charge is -2.50. The number of fused-ring (bicyclic) bond motifs is 3. The van der Waals surface area contributed by atoms with Crippen molar-refractivity contribution in [3.05, 3.63) is 90.1 Å². The van der Waals surface area contributed by atoms with E-state index >= 15 is 0 Å². The van der Waals surface area contributed by atoms with Crippen molar-refractivity contribution in [2.24, 2.45) is 5.41 Å². The van der Waals surface area contributed by atoms with E-state index in [1.54, 1.807) is 24.3 Å². The summed E-state index contributed by atoms with van der Waals surface area (Å²) in [4.78, 5) is 0. The quantitative estimate of drug-likeness (QED) is 0.663. The Bertz CT molecular complexity index is 1080. The molecule has 2 heterocycles. The van der Waals surface area contributed by atoms with Gasteiger partial charge in [-0.15, -0.1) is 13.2 Å². The number of allylic oxidation sites excluding steroid dienone is 1. The smallest absolute Gasteiger partial charge is 0.183 e. The van der Waals surface area contributed by atoms with Gasteiger partial charge in [-0.1, -0.05) is 23.8 Å². The van der Waals surface area contributed by atoms with Crippen LogP contribution in [0.15, 0.2) is 73.0 Å². The van der Waals surface area contributed by atoms with Crippen molar-refractivity contribution in [1.29, 1.82) is 0 Å². The number of hydrogen-bond acceptors (Lipinski definition) is 3. The van der Waals surface area contributed by atoms with Gasteiger partial charge in [-0.25, -0.2) is 9.07 Å². The van der Waals surface area contributed by atoms with Crippen molar-refractivity contribution in [2.45, 2.75) is 44.7 Å². The summed E-state index contributed by atoms with van der Waals surface area (Å²) in [5.41, 5.74) is 4.97. The number of hydrogen-bond donors (Lipinski definition) is 0. The Morgan fingerprint density at radius 3 is 2.47 bits per heavy atom. The average molecular weight is 404 g/mol. The highest BCUT2D eigenvalue weighted by Crippen LogP contribution is 2.58. The summed E-state index contributed by atoms with van der Waals surface area (Å²) in [6.45, 7) is 12.2. The lowest BCUT2D eigenvalue weighted by Crippen LogP contribution is -2.53. The van der Waals surface area contributed by atoms with E-state index in [1.165, 1.54) is 23.3 Å². The van der Waals surface area contributed by atoms with Gasteiger partial charge in [0.25, 0.3) is 0 Å². The van der Waals surface area contributed by atoms with Gasteiger partial charge in [0.1, 0.15) is 18.0 Å². The summed E-state index contributed by atoms with van der Waals surface area (Å²) in [6, 6.07) is 6.39. The Kier molecular flexibility index (Phi) is 4.24. The maximum absolute atomic E-state index is 13.4. The molecule has 5 heteroatoms. The van der Waals surface area contributed by atoms with E-state index in [4.69, 9.17) is 9.47 Å². The molecule has 4 nitrogen and oxygen atoms in total. The molecular formula is C25H25FN2O2. The molecule has 1 saturated heterocycles. The van der Waals surface area contributed by atoms with Gasteiger partial charge in [0.15, 0.2) is 5.79 Å². The second kappa shape index (κ2) is 6.62. The van der Waals surface area contributed by atoms with Crippen molar-refractivity contribution in [3.63, 3.8) is 0 Å². The lowest BCUT2D eigenvalue weighted by molar-refractivity contribution is -0.230. The Balaban J connectivity index is 1.62. The summed E-state index contributed by atoms with van der Waals surface area (Å²) < 4.78 is 28.3. The zero-order valence-corrected chi connectivity index (χ0v) is 17.3. The SMILES string of the molecule is C=C[C@H]1OC2(CC=C(C)C3=Cc4c(cnn4-c4ccc(F)cc4)C[C@@]32C)O[C@@H]1C=C.